The summed E-state index contributed by atoms with van der Waals surface area (Å²) in [6, 6.07) is 9.00. The van der Waals surface area contributed by atoms with Crippen molar-refractivity contribution >= 4 is 17.9 Å². The second-order valence-corrected chi connectivity index (χ2v) is 5.66. The number of hydrogen-bond donors (Lipinski definition) is 2. The van der Waals surface area contributed by atoms with Crippen LogP contribution in [0.15, 0.2) is 30.3 Å². The van der Waals surface area contributed by atoms with E-state index in [4.69, 9.17) is 4.74 Å². The molecule has 0 bridgehead atoms. The van der Waals surface area contributed by atoms with E-state index in [9.17, 15) is 14.4 Å². The molecule has 2 N–H and O–H groups in total. The minimum atomic E-state index is -0.694. The second-order valence-electron chi connectivity index (χ2n) is 5.66. The van der Waals surface area contributed by atoms with Gasteiger partial charge < -0.3 is 14.6 Å². The van der Waals surface area contributed by atoms with Crippen LogP contribution in [-0.2, 0) is 9.53 Å². The molecule has 1 heterocycles. The molecular formula is C18H21N3O4. The molecule has 1 aromatic carbocycles. The van der Waals surface area contributed by atoms with Crippen LogP contribution in [0.1, 0.15) is 27.3 Å². The van der Waals surface area contributed by atoms with Gasteiger partial charge in [-0.25, -0.2) is 9.59 Å². The fraction of sp³-hybridized carbons (Fsp3) is 0.278. The highest BCUT2D eigenvalue weighted by molar-refractivity contribution is 5.97. The van der Waals surface area contributed by atoms with Gasteiger partial charge in [-0.15, -0.1) is 0 Å². The maximum atomic E-state index is 12.3. The van der Waals surface area contributed by atoms with Gasteiger partial charge in [0.05, 0.1) is 5.56 Å². The molecule has 0 saturated carbocycles. The van der Waals surface area contributed by atoms with Crippen molar-refractivity contribution < 1.29 is 19.1 Å². The molecule has 1 aromatic heterocycles. The van der Waals surface area contributed by atoms with Crippen molar-refractivity contribution in [3.05, 3.63) is 52.8 Å². The smallest absolute Gasteiger partial charge is 0.340 e. The highest BCUT2D eigenvalue weighted by atomic mass is 16.5. The minimum Gasteiger partial charge on any atom is -0.452 e. The average Bonchev–Trinajstić information content (AvgIpc) is 2.88. The molecule has 2 rings (SSSR count). The lowest BCUT2D eigenvalue weighted by Gasteiger charge is -2.10. The Hall–Kier alpha value is -3.09. The van der Waals surface area contributed by atoms with E-state index >= 15 is 0 Å². The van der Waals surface area contributed by atoms with Crippen molar-refractivity contribution in [3.63, 3.8) is 0 Å². The molecule has 3 amide bonds. The Morgan fingerprint density at radius 3 is 2.32 bits per heavy atom. The Balaban J connectivity index is 2.14. The number of amides is 3. The summed E-state index contributed by atoms with van der Waals surface area (Å²) in [5, 5.41) is 4.27. The number of hydrogen-bond acceptors (Lipinski definition) is 4. The lowest BCUT2D eigenvalue weighted by atomic mass is 10.2. The van der Waals surface area contributed by atoms with Gasteiger partial charge >= 0.3 is 12.0 Å². The molecule has 0 aliphatic rings. The van der Waals surface area contributed by atoms with Crippen molar-refractivity contribution in [1.29, 1.82) is 0 Å². The predicted molar refractivity (Wildman–Crippen MR) is 92.9 cm³/mol. The molecule has 0 aliphatic heterocycles. The number of carbonyl (C=O) groups excluding carboxylic acids is 3. The summed E-state index contributed by atoms with van der Waals surface area (Å²) in [5.74, 6) is -1.31. The zero-order valence-corrected chi connectivity index (χ0v) is 14.7. The Labute approximate surface area is 146 Å². The zero-order valence-electron chi connectivity index (χ0n) is 14.7. The van der Waals surface area contributed by atoms with E-state index < -0.39 is 24.5 Å². The number of imide groups is 1. The molecule has 0 spiro atoms. The molecule has 0 unspecified atom stereocenters. The van der Waals surface area contributed by atoms with Crippen LogP contribution in [0, 0.1) is 20.8 Å². The summed E-state index contributed by atoms with van der Waals surface area (Å²) < 4.78 is 6.94. The van der Waals surface area contributed by atoms with Gasteiger partial charge in [0.25, 0.3) is 5.91 Å². The molecule has 7 nitrogen and oxygen atoms in total. The van der Waals surface area contributed by atoms with Gasteiger partial charge in [0.2, 0.25) is 0 Å². The van der Waals surface area contributed by atoms with Crippen molar-refractivity contribution in [1.82, 2.24) is 15.2 Å². The molecule has 7 heteroatoms. The molecule has 0 saturated heterocycles. The van der Waals surface area contributed by atoms with Crippen LogP contribution < -0.4 is 10.6 Å². The maximum absolute atomic E-state index is 12.3. The molecular weight excluding hydrogens is 322 g/mol. The fourth-order valence-corrected chi connectivity index (χ4v) is 2.49. The number of ether oxygens (including phenoxy) is 1. The predicted octanol–water partition coefficient (Wildman–Crippen LogP) is 2.01. The number of aromatic nitrogens is 1. The van der Waals surface area contributed by atoms with E-state index in [1.165, 1.54) is 7.05 Å². The van der Waals surface area contributed by atoms with E-state index in [2.05, 4.69) is 5.32 Å². The number of urea groups is 1. The SMILES string of the molecule is CNC(=O)NC(=O)COC(=O)c1cc(C)n(-c2ccc(C)cc2)c1C. The first kappa shape index (κ1) is 18.3. The quantitative estimate of drug-likeness (QED) is 0.831. The number of esters is 1. The van der Waals surface area contributed by atoms with Gasteiger partial charge in [-0.3, -0.25) is 10.1 Å². The van der Waals surface area contributed by atoms with E-state index in [1.807, 2.05) is 54.9 Å². The van der Waals surface area contributed by atoms with Gasteiger partial charge in [-0.1, -0.05) is 17.7 Å². The van der Waals surface area contributed by atoms with Crippen molar-refractivity contribution in [2.45, 2.75) is 20.8 Å². The lowest BCUT2D eigenvalue weighted by Crippen LogP contribution is -2.39. The fourth-order valence-electron chi connectivity index (χ4n) is 2.49. The van der Waals surface area contributed by atoms with Crippen molar-refractivity contribution in [2.24, 2.45) is 0 Å². The van der Waals surface area contributed by atoms with Gasteiger partial charge in [-0.05, 0) is 39.0 Å². The molecule has 25 heavy (non-hydrogen) atoms. The normalized spacial score (nSPS) is 10.2. The number of nitrogens with zero attached hydrogens (tertiary/aromatic N) is 1. The first-order chi connectivity index (χ1) is 11.8. The second kappa shape index (κ2) is 7.65. The summed E-state index contributed by atoms with van der Waals surface area (Å²) in [6.45, 7) is 5.18. The van der Waals surface area contributed by atoms with Crippen LogP contribution >= 0.6 is 0 Å². The molecule has 0 radical (unpaired) electrons. The first-order valence-electron chi connectivity index (χ1n) is 7.78. The highest BCUT2D eigenvalue weighted by Gasteiger charge is 2.19. The third-order valence-electron chi connectivity index (χ3n) is 3.76. The standard InChI is InChI=1S/C18H21N3O4/c1-11-5-7-14(8-6-11)21-12(2)9-15(13(21)3)17(23)25-10-16(22)20-18(24)19-4/h5-9H,10H2,1-4H3,(H2,19,20,22,24). The Morgan fingerprint density at radius 1 is 1.08 bits per heavy atom. The van der Waals surface area contributed by atoms with Gasteiger partial charge in [0, 0.05) is 24.1 Å². The van der Waals surface area contributed by atoms with Gasteiger partial charge in [0.1, 0.15) is 0 Å². The molecule has 0 aliphatic carbocycles. The molecule has 132 valence electrons. The van der Waals surface area contributed by atoms with Crippen LogP contribution in [-0.4, -0.2) is 36.1 Å². The summed E-state index contributed by atoms with van der Waals surface area (Å²) in [6.07, 6.45) is 0. The number of benzene rings is 1. The number of nitrogens with one attached hydrogen (secondary N) is 2. The first-order valence-corrected chi connectivity index (χ1v) is 7.78. The third kappa shape index (κ3) is 4.26. The summed E-state index contributed by atoms with van der Waals surface area (Å²) in [7, 11) is 1.38. The lowest BCUT2D eigenvalue weighted by molar-refractivity contribution is -0.123. The van der Waals surface area contributed by atoms with E-state index in [0.717, 1.165) is 22.6 Å². The van der Waals surface area contributed by atoms with E-state index in [0.29, 0.717) is 5.56 Å². The zero-order chi connectivity index (χ0) is 18.6. The van der Waals surface area contributed by atoms with Crippen molar-refractivity contribution in [3.8, 4) is 5.69 Å². The molecule has 0 fully saturated rings. The Bertz CT molecular complexity index is 806. The highest BCUT2D eigenvalue weighted by Crippen LogP contribution is 2.21. The largest absolute Gasteiger partial charge is 0.452 e. The number of aryl methyl sites for hydroxylation is 2. The van der Waals surface area contributed by atoms with Crippen LogP contribution in [0.2, 0.25) is 0 Å². The third-order valence-corrected chi connectivity index (χ3v) is 3.76. The topological polar surface area (TPSA) is 89.4 Å². The van der Waals surface area contributed by atoms with E-state index in [-0.39, 0.29) is 0 Å². The summed E-state index contributed by atoms with van der Waals surface area (Å²) >= 11 is 0. The van der Waals surface area contributed by atoms with E-state index in [1.54, 1.807) is 6.07 Å². The Morgan fingerprint density at radius 2 is 1.72 bits per heavy atom. The maximum Gasteiger partial charge on any atom is 0.340 e. The van der Waals surface area contributed by atoms with Gasteiger partial charge in [0.15, 0.2) is 6.61 Å². The minimum absolute atomic E-state index is 0.380. The average molecular weight is 343 g/mol. The van der Waals surface area contributed by atoms with Crippen LogP contribution in [0.5, 0.6) is 0 Å². The van der Waals surface area contributed by atoms with Gasteiger partial charge in [-0.2, -0.15) is 0 Å². The summed E-state index contributed by atoms with van der Waals surface area (Å²) in [5.41, 5.74) is 4.07. The molecule has 2 aromatic rings. The van der Waals surface area contributed by atoms with Crippen molar-refractivity contribution in [2.75, 3.05) is 13.7 Å². The van der Waals surface area contributed by atoms with Crippen LogP contribution in [0.3, 0.4) is 0 Å². The number of carbonyl (C=O) groups is 3. The summed E-state index contributed by atoms with van der Waals surface area (Å²) in [4.78, 5) is 34.8. The van der Waals surface area contributed by atoms with Crippen LogP contribution in [0.25, 0.3) is 5.69 Å². The number of rotatable bonds is 4. The Kier molecular flexibility index (Phi) is 5.59. The monoisotopic (exact) mass is 343 g/mol. The van der Waals surface area contributed by atoms with Crippen LogP contribution in [0.4, 0.5) is 4.79 Å². The molecule has 0 atom stereocenters.